The number of rotatable bonds is 8. The molecule has 1 aromatic heterocycles. The predicted molar refractivity (Wildman–Crippen MR) is 117 cm³/mol. The van der Waals surface area contributed by atoms with Crippen LogP contribution >= 0.6 is 0 Å². The number of nitrogens with zero attached hydrogens (tertiary/aromatic N) is 4. The molecule has 2 aromatic rings. The summed E-state index contributed by atoms with van der Waals surface area (Å²) in [5.41, 5.74) is 1.28. The van der Waals surface area contributed by atoms with Crippen LogP contribution in [-0.2, 0) is 6.54 Å². The summed E-state index contributed by atoms with van der Waals surface area (Å²) in [6.45, 7) is 5.64. The lowest BCUT2D eigenvalue weighted by Crippen LogP contribution is -2.54. The van der Waals surface area contributed by atoms with Crippen LogP contribution in [0.5, 0.6) is 11.8 Å². The first-order chi connectivity index (χ1) is 14.8. The molecule has 1 saturated carbocycles. The Hall–Kier alpha value is -2.02. The van der Waals surface area contributed by atoms with E-state index in [4.69, 9.17) is 4.74 Å². The maximum atomic E-state index is 9.60. The summed E-state index contributed by atoms with van der Waals surface area (Å²) >= 11 is 0. The molecular weight excluding hydrogens is 376 g/mol. The Balaban J connectivity index is 1.30. The lowest BCUT2D eigenvalue weighted by molar-refractivity contribution is 0.0400. The van der Waals surface area contributed by atoms with E-state index in [2.05, 4.69) is 31.9 Å². The maximum absolute atomic E-state index is 9.60. The molecule has 1 N–H and O–H groups in total. The van der Waals surface area contributed by atoms with Crippen LogP contribution < -0.4 is 4.74 Å². The summed E-state index contributed by atoms with van der Waals surface area (Å²) in [6, 6.07) is 10.8. The summed E-state index contributed by atoms with van der Waals surface area (Å²) in [6.07, 6.45) is 11.2. The van der Waals surface area contributed by atoms with Gasteiger partial charge in [-0.2, -0.15) is 0 Å². The number of benzene rings is 1. The molecule has 1 aliphatic heterocycles. The van der Waals surface area contributed by atoms with Crippen LogP contribution in [0.3, 0.4) is 0 Å². The molecule has 30 heavy (non-hydrogen) atoms. The molecule has 2 aliphatic rings. The van der Waals surface area contributed by atoms with Crippen LogP contribution in [0.2, 0.25) is 0 Å². The first-order valence-electron chi connectivity index (χ1n) is 11.4. The molecule has 0 bridgehead atoms. The molecule has 2 heterocycles. The molecule has 0 amide bonds. The highest BCUT2D eigenvalue weighted by Crippen LogP contribution is 2.27. The third kappa shape index (κ3) is 6.00. The predicted octanol–water partition coefficient (Wildman–Crippen LogP) is 3.72. The van der Waals surface area contributed by atoms with E-state index in [0.29, 0.717) is 12.1 Å². The summed E-state index contributed by atoms with van der Waals surface area (Å²) in [5, 5.41) is 9.60. The Bertz CT molecular complexity index is 750. The van der Waals surface area contributed by atoms with Crippen molar-refractivity contribution in [3.63, 3.8) is 0 Å². The normalized spacial score (nSPS) is 21.6. The molecule has 0 radical (unpaired) electrons. The Kier molecular flexibility index (Phi) is 7.67. The number of hydrogen-bond donors (Lipinski definition) is 1. The van der Waals surface area contributed by atoms with E-state index in [-0.39, 0.29) is 6.61 Å². The maximum Gasteiger partial charge on any atom is 0.321 e. The number of piperazine rings is 1. The largest absolute Gasteiger partial charge is 0.424 e. The number of ether oxygens (including phenoxy) is 1. The minimum atomic E-state index is 0.271. The molecule has 1 saturated heterocycles. The fourth-order valence-electron chi connectivity index (χ4n) is 4.83. The Morgan fingerprint density at radius 1 is 1.00 bits per heavy atom. The van der Waals surface area contributed by atoms with Crippen molar-refractivity contribution in [2.75, 3.05) is 32.8 Å². The summed E-state index contributed by atoms with van der Waals surface area (Å²) < 4.78 is 5.69. The van der Waals surface area contributed by atoms with Crippen molar-refractivity contribution in [1.82, 2.24) is 19.8 Å². The average Bonchev–Trinajstić information content (AvgIpc) is 2.79. The first kappa shape index (κ1) is 21.2. The zero-order valence-electron chi connectivity index (χ0n) is 17.8. The average molecular weight is 411 g/mol. The van der Waals surface area contributed by atoms with E-state index in [1.807, 2.05) is 12.1 Å². The molecule has 2 fully saturated rings. The molecule has 1 atom stereocenters. The zero-order chi connectivity index (χ0) is 20.6. The SMILES string of the molecule is OCC[C@H]1CN(Cc2ccc(Oc3ncccn3)cc2)CCN1CC1CCCCC1. The number of hydrogen-bond acceptors (Lipinski definition) is 6. The van der Waals surface area contributed by atoms with Gasteiger partial charge in [0.05, 0.1) is 0 Å². The van der Waals surface area contributed by atoms with Gasteiger partial charge in [-0.3, -0.25) is 9.80 Å². The van der Waals surface area contributed by atoms with Crippen LogP contribution in [0.4, 0.5) is 0 Å². The summed E-state index contributed by atoms with van der Waals surface area (Å²) in [5.74, 6) is 1.60. The smallest absolute Gasteiger partial charge is 0.321 e. The van der Waals surface area contributed by atoms with E-state index in [9.17, 15) is 5.11 Å². The van der Waals surface area contributed by atoms with Crippen LogP contribution in [0.1, 0.15) is 44.1 Å². The van der Waals surface area contributed by atoms with Gasteiger partial charge < -0.3 is 9.84 Å². The van der Waals surface area contributed by atoms with Gasteiger partial charge in [-0.15, -0.1) is 0 Å². The van der Waals surface area contributed by atoms with Crippen molar-refractivity contribution in [1.29, 1.82) is 0 Å². The highest BCUT2D eigenvalue weighted by atomic mass is 16.5. The summed E-state index contributed by atoms with van der Waals surface area (Å²) in [4.78, 5) is 13.4. The highest BCUT2D eigenvalue weighted by Gasteiger charge is 2.28. The monoisotopic (exact) mass is 410 g/mol. The van der Waals surface area contributed by atoms with E-state index >= 15 is 0 Å². The van der Waals surface area contributed by atoms with E-state index in [0.717, 1.165) is 44.3 Å². The molecule has 1 aromatic carbocycles. The number of aliphatic hydroxyl groups excluding tert-OH is 1. The van der Waals surface area contributed by atoms with Crippen molar-refractivity contribution in [2.24, 2.45) is 5.92 Å². The van der Waals surface area contributed by atoms with Crippen LogP contribution in [0, 0.1) is 5.92 Å². The molecule has 6 nitrogen and oxygen atoms in total. The molecule has 4 rings (SSSR count). The van der Waals surface area contributed by atoms with Gasteiger partial charge in [-0.1, -0.05) is 31.4 Å². The van der Waals surface area contributed by atoms with Gasteiger partial charge >= 0.3 is 6.01 Å². The third-order valence-electron chi connectivity index (χ3n) is 6.45. The molecule has 0 spiro atoms. The van der Waals surface area contributed by atoms with Crippen LogP contribution in [-0.4, -0.2) is 63.7 Å². The lowest BCUT2D eigenvalue weighted by Gasteiger charge is -2.43. The van der Waals surface area contributed by atoms with E-state index in [1.54, 1.807) is 18.5 Å². The minimum Gasteiger partial charge on any atom is -0.424 e. The Morgan fingerprint density at radius 2 is 1.77 bits per heavy atom. The zero-order valence-corrected chi connectivity index (χ0v) is 17.8. The Labute approximate surface area is 179 Å². The quantitative estimate of drug-likeness (QED) is 0.716. The third-order valence-corrected chi connectivity index (χ3v) is 6.45. The van der Waals surface area contributed by atoms with Crippen molar-refractivity contribution in [3.05, 3.63) is 48.3 Å². The molecule has 162 valence electrons. The molecule has 1 aliphatic carbocycles. The molecule has 0 unspecified atom stereocenters. The second kappa shape index (κ2) is 10.8. The minimum absolute atomic E-state index is 0.271. The standard InChI is InChI=1S/C24H34N4O2/c29-16-11-22-19-27(14-15-28(22)18-20-5-2-1-3-6-20)17-21-7-9-23(10-8-21)30-24-25-12-4-13-26-24/h4,7-10,12-13,20,22,29H,1-3,5-6,11,14-19H2/t22-/m0/s1. The van der Waals surface area contributed by atoms with Gasteiger partial charge in [0.2, 0.25) is 0 Å². The fourth-order valence-corrected chi connectivity index (χ4v) is 4.83. The highest BCUT2D eigenvalue weighted by molar-refractivity contribution is 5.29. The molecular formula is C24H34N4O2. The number of aromatic nitrogens is 2. The Morgan fingerprint density at radius 3 is 2.50 bits per heavy atom. The second-order valence-electron chi connectivity index (χ2n) is 8.68. The second-order valence-corrected chi connectivity index (χ2v) is 8.68. The van der Waals surface area contributed by atoms with Crippen LogP contribution in [0.15, 0.2) is 42.7 Å². The van der Waals surface area contributed by atoms with Crippen molar-refractivity contribution in [3.8, 4) is 11.8 Å². The lowest BCUT2D eigenvalue weighted by atomic mass is 9.88. The molecule has 6 heteroatoms. The van der Waals surface area contributed by atoms with Gasteiger partial charge in [-0.05, 0) is 48.9 Å². The van der Waals surface area contributed by atoms with Crippen LogP contribution in [0.25, 0.3) is 0 Å². The van der Waals surface area contributed by atoms with Gasteiger partial charge in [0.25, 0.3) is 0 Å². The van der Waals surface area contributed by atoms with Gasteiger partial charge in [-0.25, -0.2) is 9.97 Å². The first-order valence-corrected chi connectivity index (χ1v) is 11.4. The summed E-state index contributed by atoms with van der Waals surface area (Å²) in [7, 11) is 0. The van der Waals surface area contributed by atoms with Gasteiger partial charge in [0, 0.05) is 57.8 Å². The van der Waals surface area contributed by atoms with Gasteiger partial charge in [0.15, 0.2) is 0 Å². The topological polar surface area (TPSA) is 61.7 Å². The van der Waals surface area contributed by atoms with Crippen molar-refractivity contribution >= 4 is 0 Å². The van der Waals surface area contributed by atoms with Gasteiger partial charge in [0.1, 0.15) is 5.75 Å². The van der Waals surface area contributed by atoms with Crippen molar-refractivity contribution < 1.29 is 9.84 Å². The van der Waals surface area contributed by atoms with E-state index in [1.165, 1.54) is 44.2 Å². The fraction of sp³-hybridized carbons (Fsp3) is 0.583. The van der Waals surface area contributed by atoms with Crippen molar-refractivity contribution in [2.45, 2.75) is 51.1 Å². The van der Waals surface area contributed by atoms with E-state index < -0.39 is 0 Å². The number of aliphatic hydroxyl groups is 1.